The summed E-state index contributed by atoms with van der Waals surface area (Å²) < 4.78 is 31.1. The van der Waals surface area contributed by atoms with Crippen LogP contribution in [0, 0.1) is 0 Å². The Hall–Kier alpha value is -1.19. The van der Waals surface area contributed by atoms with E-state index < -0.39 is 10.0 Å². The van der Waals surface area contributed by atoms with Gasteiger partial charge in [0.1, 0.15) is 0 Å². The van der Waals surface area contributed by atoms with Crippen molar-refractivity contribution in [1.82, 2.24) is 15.4 Å². The van der Waals surface area contributed by atoms with Crippen LogP contribution < -0.4 is 15.4 Å². The van der Waals surface area contributed by atoms with Gasteiger partial charge >= 0.3 is 0 Å². The molecule has 0 fully saturated rings. The van der Waals surface area contributed by atoms with Gasteiger partial charge in [0, 0.05) is 20.2 Å². The maximum absolute atomic E-state index is 11.9. The molecule has 0 radical (unpaired) electrons. The Balaban J connectivity index is 0.00000441. The predicted molar refractivity (Wildman–Crippen MR) is 86.5 cm³/mol. The number of benzene rings is 1. The summed E-state index contributed by atoms with van der Waals surface area (Å²) in [4.78, 5) is 11.5. The summed E-state index contributed by atoms with van der Waals surface area (Å²) in [6.07, 6.45) is 0. The van der Waals surface area contributed by atoms with Crippen molar-refractivity contribution in [3.63, 3.8) is 0 Å². The smallest absolute Gasteiger partial charge is 0.240 e. The Bertz CT molecular complexity index is 549. The maximum atomic E-state index is 11.9. The molecule has 1 rings (SSSR count). The summed E-state index contributed by atoms with van der Waals surface area (Å²) in [6.45, 7) is 1.14. The van der Waals surface area contributed by atoms with Crippen molar-refractivity contribution in [2.75, 3.05) is 33.9 Å². The molecule has 0 aliphatic heterocycles. The molecule has 126 valence electrons. The van der Waals surface area contributed by atoms with E-state index in [-0.39, 0.29) is 36.3 Å². The number of ether oxygens (including phenoxy) is 1. The van der Waals surface area contributed by atoms with Crippen molar-refractivity contribution in [2.24, 2.45) is 0 Å². The second-order valence-corrected chi connectivity index (χ2v) is 6.11. The summed E-state index contributed by atoms with van der Waals surface area (Å²) in [6, 6.07) is 6.36. The lowest BCUT2D eigenvalue weighted by molar-refractivity contribution is -0.120. The van der Waals surface area contributed by atoms with E-state index in [9.17, 15) is 13.2 Å². The lowest BCUT2D eigenvalue weighted by Gasteiger charge is -2.08. The van der Waals surface area contributed by atoms with Crippen molar-refractivity contribution in [3.05, 3.63) is 29.8 Å². The van der Waals surface area contributed by atoms with E-state index in [1.54, 1.807) is 19.2 Å². The van der Waals surface area contributed by atoms with Gasteiger partial charge in [-0.1, -0.05) is 12.1 Å². The molecule has 0 unspecified atom stereocenters. The number of carbonyl (C=O) groups is 1. The van der Waals surface area contributed by atoms with Crippen LogP contribution in [0.1, 0.15) is 5.56 Å². The van der Waals surface area contributed by atoms with Crippen LogP contribution in [0.15, 0.2) is 29.2 Å². The molecule has 0 saturated carbocycles. The van der Waals surface area contributed by atoms with E-state index in [0.29, 0.717) is 13.2 Å². The summed E-state index contributed by atoms with van der Waals surface area (Å²) in [5.74, 6) is -0.115. The molecule has 0 spiro atoms. The number of rotatable bonds is 9. The molecular weight excluding hydrogens is 330 g/mol. The van der Waals surface area contributed by atoms with Gasteiger partial charge in [0.15, 0.2) is 0 Å². The molecule has 3 N–H and O–H groups in total. The third kappa shape index (κ3) is 7.19. The van der Waals surface area contributed by atoms with Gasteiger partial charge in [-0.05, 0) is 24.7 Å². The molecule has 7 nitrogen and oxygen atoms in total. The highest BCUT2D eigenvalue weighted by Gasteiger charge is 2.12. The molecule has 0 heterocycles. The minimum Gasteiger partial charge on any atom is -0.383 e. The number of methoxy groups -OCH3 is 1. The first-order valence-electron chi connectivity index (χ1n) is 6.48. The van der Waals surface area contributed by atoms with Crippen LogP contribution in [-0.2, 0) is 26.1 Å². The highest BCUT2D eigenvalue weighted by Crippen LogP contribution is 2.10. The van der Waals surface area contributed by atoms with Crippen molar-refractivity contribution in [3.8, 4) is 0 Å². The molecule has 1 amide bonds. The van der Waals surface area contributed by atoms with E-state index in [1.807, 2.05) is 0 Å². The lowest BCUT2D eigenvalue weighted by Crippen LogP contribution is -2.31. The number of nitrogens with one attached hydrogen (secondary N) is 3. The Kier molecular flexibility index (Phi) is 9.95. The zero-order valence-electron chi connectivity index (χ0n) is 12.6. The zero-order chi connectivity index (χ0) is 15.7. The van der Waals surface area contributed by atoms with E-state index in [0.717, 1.165) is 5.56 Å². The number of carbonyl (C=O) groups excluding carboxylic acids is 1. The van der Waals surface area contributed by atoms with Crippen LogP contribution in [0.5, 0.6) is 0 Å². The van der Waals surface area contributed by atoms with Crippen molar-refractivity contribution in [2.45, 2.75) is 11.4 Å². The van der Waals surface area contributed by atoms with E-state index >= 15 is 0 Å². The van der Waals surface area contributed by atoms with Gasteiger partial charge in [-0.3, -0.25) is 4.79 Å². The van der Waals surface area contributed by atoms with Gasteiger partial charge in [-0.2, -0.15) is 0 Å². The van der Waals surface area contributed by atoms with Gasteiger partial charge in [-0.25, -0.2) is 13.1 Å². The number of likely N-dealkylation sites (N-methyl/N-ethyl adjacent to an activating group) is 1. The first kappa shape index (κ1) is 20.8. The Morgan fingerprint density at radius 3 is 2.41 bits per heavy atom. The minimum absolute atomic E-state index is 0. The van der Waals surface area contributed by atoms with Crippen molar-refractivity contribution in [1.29, 1.82) is 0 Å². The SMILES string of the molecule is CNCC(=O)NCc1ccc(S(=O)(=O)NCCOC)cc1.Cl. The number of hydrogen-bond acceptors (Lipinski definition) is 5. The quantitative estimate of drug-likeness (QED) is 0.538. The van der Waals surface area contributed by atoms with Crippen LogP contribution in [-0.4, -0.2) is 48.2 Å². The highest BCUT2D eigenvalue weighted by molar-refractivity contribution is 7.89. The number of amides is 1. The molecular formula is C13H22ClN3O4S. The van der Waals surface area contributed by atoms with Gasteiger partial charge in [0.2, 0.25) is 15.9 Å². The van der Waals surface area contributed by atoms with Gasteiger partial charge in [0.25, 0.3) is 0 Å². The van der Waals surface area contributed by atoms with E-state index in [2.05, 4.69) is 15.4 Å². The Labute approximate surface area is 137 Å². The summed E-state index contributed by atoms with van der Waals surface area (Å²) in [5.41, 5.74) is 0.829. The van der Waals surface area contributed by atoms with E-state index in [1.165, 1.54) is 19.2 Å². The molecule has 0 bridgehead atoms. The van der Waals surface area contributed by atoms with Crippen molar-refractivity contribution < 1.29 is 17.9 Å². The van der Waals surface area contributed by atoms with Crippen LogP contribution >= 0.6 is 12.4 Å². The van der Waals surface area contributed by atoms with Crippen molar-refractivity contribution >= 4 is 28.3 Å². The number of hydrogen-bond donors (Lipinski definition) is 3. The standard InChI is InChI=1S/C13H21N3O4S.ClH/c1-14-10-13(17)15-9-11-3-5-12(6-4-11)21(18,19)16-7-8-20-2;/h3-6,14,16H,7-10H2,1-2H3,(H,15,17);1H. The lowest BCUT2D eigenvalue weighted by atomic mass is 10.2. The Morgan fingerprint density at radius 2 is 1.86 bits per heavy atom. The first-order chi connectivity index (χ1) is 9.99. The Morgan fingerprint density at radius 1 is 1.23 bits per heavy atom. The third-order valence-electron chi connectivity index (χ3n) is 2.66. The molecule has 0 atom stereocenters. The van der Waals surface area contributed by atoms with Crippen LogP contribution in [0.4, 0.5) is 0 Å². The molecule has 1 aromatic carbocycles. The summed E-state index contributed by atoms with van der Waals surface area (Å²) >= 11 is 0. The number of sulfonamides is 1. The van der Waals surface area contributed by atoms with E-state index in [4.69, 9.17) is 4.74 Å². The molecule has 0 aliphatic rings. The zero-order valence-corrected chi connectivity index (χ0v) is 14.2. The van der Waals surface area contributed by atoms with Crippen LogP contribution in [0.2, 0.25) is 0 Å². The van der Waals surface area contributed by atoms with Gasteiger partial charge < -0.3 is 15.4 Å². The fraction of sp³-hybridized carbons (Fsp3) is 0.462. The molecule has 9 heteroatoms. The topological polar surface area (TPSA) is 96.5 Å². The average Bonchev–Trinajstić information content (AvgIpc) is 2.46. The molecule has 1 aromatic rings. The highest BCUT2D eigenvalue weighted by atomic mass is 35.5. The molecule has 0 aliphatic carbocycles. The second-order valence-electron chi connectivity index (χ2n) is 4.34. The predicted octanol–water partition coefficient (Wildman–Crippen LogP) is -0.131. The average molecular weight is 352 g/mol. The fourth-order valence-electron chi connectivity index (χ4n) is 1.57. The summed E-state index contributed by atoms with van der Waals surface area (Å²) in [7, 11) is -0.321. The molecule has 0 saturated heterocycles. The van der Waals surface area contributed by atoms with Gasteiger partial charge in [-0.15, -0.1) is 12.4 Å². The first-order valence-corrected chi connectivity index (χ1v) is 7.96. The van der Waals surface area contributed by atoms with Crippen LogP contribution in [0.3, 0.4) is 0 Å². The third-order valence-corrected chi connectivity index (χ3v) is 4.14. The number of halogens is 1. The molecule has 22 heavy (non-hydrogen) atoms. The molecule has 0 aromatic heterocycles. The monoisotopic (exact) mass is 351 g/mol. The van der Waals surface area contributed by atoms with Crippen LogP contribution in [0.25, 0.3) is 0 Å². The minimum atomic E-state index is -3.52. The largest absolute Gasteiger partial charge is 0.383 e. The van der Waals surface area contributed by atoms with Gasteiger partial charge in [0.05, 0.1) is 18.0 Å². The normalized spacial score (nSPS) is 10.8. The second kappa shape index (κ2) is 10.5. The maximum Gasteiger partial charge on any atom is 0.240 e. The summed E-state index contributed by atoms with van der Waals surface area (Å²) in [5, 5.41) is 5.46. The fourth-order valence-corrected chi connectivity index (χ4v) is 2.58.